The normalized spacial score (nSPS) is 10.8. The number of hydrogen-bond acceptors (Lipinski definition) is 4. The second kappa shape index (κ2) is 7.16. The average molecular weight is 370 g/mol. The molecule has 0 atom stereocenters. The molecule has 0 aliphatic carbocycles. The highest BCUT2D eigenvalue weighted by Gasteiger charge is 2.16. The van der Waals surface area contributed by atoms with Crippen molar-refractivity contribution < 1.29 is 13.9 Å². The fraction of sp³-hybridized carbons (Fsp3) is 0.0833. The van der Waals surface area contributed by atoms with Crippen molar-refractivity contribution in [2.45, 2.75) is 13.8 Å². The molecule has 0 N–H and O–H groups in total. The quantitative estimate of drug-likeness (QED) is 0.279. The van der Waals surface area contributed by atoms with Gasteiger partial charge in [-0.2, -0.15) is 0 Å². The fourth-order valence-electron chi connectivity index (χ4n) is 3.16. The summed E-state index contributed by atoms with van der Waals surface area (Å²) in [6.07, 6.45) is 0. The van der Waals surface area contributed by atoms with Crippen LogP contribution in [0.1, 0.15) is 21.5 Å². The number of carbonyl (C=O) groups is 1. The van der Waals surface area contributed by atoms with Crippen LogP contribution < -0.4 is 10.4 Å². The molecule has 4 rings (SSSR count). The van der Waals surface area contributed by atoms with Gasteiger partial charge in [-0.15, -0.1) is 0 Å². The molecule has 0 spiro atoms. The van der Waals surface area contributed by atoms with E-state index in [1.54, 1.807) is 25.1 Å². The van der Waals surface area contributed by atoms with Crippen LogP contribution in [0.5, 0.6) is 5.75 Å². The van der Waals surface area contributed by atoms with Crippen LogP contribution in [-0.4, -0.2) is 5.97 Å². The van der Waals surface area contributed by atoms with Gasteiger partial charge in [0, 0.05) is 17.0 Å². The van der Waals surface area contributed by atoms with Crippen molar-refractivity contribution in [3.63, 3.8) is 0 Å². The van der Waals surface area contributed by atoms with Crippen LogP contribution in [0, 0.1) is 13.8 Å². The predicted octanol–water partition coefficient (Wildman–Crippen LogP) is 5.30. The lowest BCUT2D eigenvalue weighted by Gasteiger charge is -2.11. The molecule has 0 aliphatic heterocycles. The van der Waals surface area contributed by atoms with Gasteiger partial charge in [0.05, 0.1) is 5.56 Å². The van der Waals surface area contributed by atoms with E-state index in [0.717, 1.165) is 22.1 Å². The van der Waals surface area contributed by atoms with Crippen LogP contribution in [0.15, 0.2) is 82.0 Å². The molecule has 3 aromatic carbocycles. The van der Waals surface area contributed by atoms with E-state index in [9.17, 15) is 9.59 Å². The minimum Gasteiger partial charge on any atom is -0.423 e. The van der Waals surface area contributed by atoms with Crippen molar-refractivity contribution in [3.05, 3.63) is 99.9 Å². The Kier molecular flexibility index (Phi) is 4.53. The molecule has 0 amide bonds. The molecule has 4 nitrogen and oxygen atoms in total. The van der Waals surface area contributed by atoms with Gasteiger partial charge in [-0.25, -0.2) is 9.59 Å². The minimum atomic E-state index is -0.455. The number of aryl methyl sites for hydroxylation is 2. The van der Waals surface area contributed by atoms with Crippen LogP contribution in [0.4, 0.5) is 0 Å². The molecule has 1 heterocycles. The molecule has 0 saturated heterocycles. The molecule has 0 bridgehead atoms. The second-order valence-corrected chi connectivity index (χ2v) is 6.67. The molecule has 0 radical (unpaired) electrons. The molecule has 0 fully saturated rings. The number of rotatable bonds is 3. The Morgan fingerprint density at radius 2 is 1.61 bits per heavy atom. The van der Waals surface area contributed by atoms with E-state index in [1.807, 2.05) is 55.5 Å². The Bertz CT molecular complexity index is 1220. The van der Waals surface area contributed by atoms with E-state index in [1.165, 1.54) is 6.07 Å². The minimum absolute atomic E-state index is 0.367. The molecule has 0 saturated carbocycles. The Morgan fingerprint density at radius 1 is 0.893 bits per heavy atom. The molecule has 138 valence electrons. The monoisotopic (exact) mass is 370 g/mol. The van der Waals surface area contributed by atoms with Gasteiger partial charge in [0.2, 0.25) is 0 Å². The molecule has 28 heavy (non-hydrogen) atoms. The van der Waals surface area contributed by atoms with Gasteiger partial charge in [0.25, 0.3) is 0 Å². The van der Waals surface area contributed by atoms with Gasteiger partial charge in [-0.05, 0) is 49.2 Å². The Morgan fingerprint density at radius 3 is 2.32 bits per heavy atom. The third-order valence-corrected chi connectivity index (χ3v) is 4.69. The highest BCUT2D eigenvalue weighted by atomic mass is 16.5. The van der Waals surface area contributed by atoms with E-state index in [-0.39, 0.29) is 0 Å². The Balaban J connectivity index is 1.78. The van der Waals surface area contributed by atoms with Crippen molar-refractivity contribution in [2.24, 2.45) is 0 Å². The molecule has 0 unspecified atom stereocenters. The van der Waals surface area contributed by atoms with E-state index >= 15 is 0 Å². The van der Waals surface area contributed by atoms with Crippen LogP contribution in [0.3, 0.4) is 0 Å². The first-order chi connectivity index (χ1) is 13.5. The largest absolute Gasteiger partial charge is 0.423 e. The van der Waals surface area contributed by atoms with Crippen molar-refractivity contribution in [3.8, 4) is 16.9 Å². The number of carbonyl (C=O) groups excluding carboxylic acids is 1. The van der Waals surface area contributed by atoms with Gasteiger partial charge in [0.1, 0.15) is 11.3 Å². The fourth-order valence-corrected chi connectivity index (χ4v) is 3.16. The number of ether oxygens (including phenoxy) is 1. The van der Waals surface area contributed by atoms with Gasteiger partial charge in [-0.1, -0.05) is 48.0 Å². The summed E-state index contributed by atoms with van der Waals surface area (Å²) in [7, 11) is 0. The topological polar surface area (TPSA) is 56.5 Å². The number of hydrogen-bond donors (Lipinski definition) is 0. The predicted molar refractivity (Wildman–Crippen MR) is 109 cm³/mol. The molecule has 1 aromatic heterocycles. The zero-order chi connectivity index (χ0) is 19.7. The van der Waals surface area contributed by atoms with Gasteiger partial charge < -0.3 is 9.15 Å². The SMILES string of the molecule is Cc1ccc(C(=O)Oc2ccc3c(-c4ccccc4)cc(=O)oc3c2C)cc1. The Labute approximate surface area is 162 Å². The molecule has 4 heteroatoms. The van der Waals surface area contributed by atoms with Crippen LogP contribution in [0.25, 0.3) is 22.1 Å². The molecular formula is C24H18O4. The van der Waals surface area contributed by atoms with E-state index in [4.69, 9.17) is 9.15 Å². The highest BCUT2D eigenvalue weighted by Crippen LogP contribution is 2.33. The van der Waals surface area contributed by atoms with Crippen LogP contribution >= 0.6 is 0 Å². The van der Waals surface area contributed by atoms with Gasteiger partial charge >= 0.3 is 11.6 Å². The third-order valence-electron chi connectivity index (χ3n) is 4.69. The zero-order valence-corrected chi connectivity index (χ0v) is 15.6. The standard InChI is InChI=1S/C24H18O4/c1-15-8-10-18(11-9-15)24(26)27-21-13-12-19-20(17-6-4-3-5-7-17)14-22(25)28-23(19)16(21)2/h3-14H,1-2H3. The Hall–Kier alpha value is -3.66. The molecule has 4 aromatic rings. The summed E-state index contributed by atoms with van der Waals surface area (Å²) in [5.41, 5.74) is 3.80. The number of benzene rings is 3. The number of esters is 1. The average Bonchev–Trinajstić information content (AvgIpc) is 2.71. The first-order valence-corrected chi connectivity index (χ1v) is 8.94. The smallest absolute Gasteiger partial charge is 0.343 e. The first kappa shape index (κ1) is 17.7. The lowest BCUT2D eigenvalue weighted by atomic mass is 10.0. The van der Waals surface area contributed by atoms with Gasteiger partial charge in [0.15, 0.2) is 0 Å². The van der Waals surface area contributed by atoms with Crippen molar-refractivity contribution in [2.75, 3.05) is 0 Å². The van der Waals surface area contributed by atoms with Crippen molar-refractivity contribution in [1.82, 2.24) is 0 Å². The summed E-state index contributed by atoms with van der Waals surface area (Å²) in [5, 5.41) is 0.790. The van der Waals surface area contributed by atoms with Crippen molar-refractivity contribution in [1.29, 1.82) is 0 Å². The summed E-state index contributed by atoms with van der Waals surface area (Å²) < 4.78 is 11.0. The number of fused-ring (bicyclic) bond motifs is 1. The molecular weight excluding hydrogens is 352 g/mol. The maximum atomic E-state index is 12.5. The van der Waals surface area contributed by atoms with Crippen molar-refractivity contribution >= 4 is 16.9 Å². The van der Waals surface area contributed by atoms with E-state index in [0.29, 0.717) is 22.5 Å². The summed E-state index contributed by atoms with van der Waals surface area (Å²) >= 11 is 0. The zero-order valence-electron chi connectivity index (χ0n) is 15.6. The summed E-state index contributed by atoms with van der Waals surface area (Å²) in [4.78, 5) is 24.6. The summed E-state index contributed by atoms with van der Waals surface area (Å²) in [6.45, 7) is 3.73. The lowest BCUT2D eigenvalue weighted by molar-refractivity contribution is 0.0733. The van der Waals surface area contributed by atoms with Crippen LogP contribution in [0.2, 0.25) is 0 Å². The molecule has 0 aliphatic rings. The van der Waals surface area contributed by atoms with Gasteiger partial charge in [-0.3, -0.25) is 0 Å². The maximum absolute atomic E-state index is 12.5. The van der Waals surface area contributed by atoms with Crippen LogP contribution in [-0.2, 0) is 0 Å². The lowest BCUT2D eigenvalue weighted by Crippen LogP contribution is -2.09. The summed E-state index contributed by atoms with van der Waals surface area (Å²) in [5.74, 6) is -0.0875. The second-order valence-electron chi connectivity index (χ2n) is 6.67. The van der Waals surface area contributed by atoms with E-state index in [2.05, 4.69) is 0 Å². The highest BCUT2D eigenvalue weighted by molar-refractivity contribution is 5.97. The van der Waals surface area contributed by atoms with E-state index < -0.39 is 11.6 Å². The first-order valence-electron chi connectivity index (χ1n) is 8.94. The maximum Gasteiger partial charge on any atom is 0.343 e. The summed E-state index contributed by atoms with van der Waals surface area (Å²) in [6, 6.07) is 21.8. The third kappa shape index (κ3) is 3.32.